The summed E-state index contributed by atoms with van der Waals surface area (Å²) < 4.78 is 0. The van der Waals surface area contributed by atoms with Gasteiger partial charge in [-0.25, -0.2) is 0 Å². The molecule has 2 heterocycles. The fourth-order valence-corrected chi connectivity index (χ4v) is 2.84. The molecule has 0 unspecified atom stereocenters. The number of aromatic nitrogens is 1. The number of hydrogen-bond acceptors (Lipinski definition) is 4. The van der Waals surface area contributed by atoms with E-state index >= 15 is 0 Å². The van der Waals surface area contributed by atoms with Crippen LogP contribution in [-0.4, -0.2) is 28.3 Å². The number of benzene rings is 1. The third-order valence-electron chi connectivity index (χ3n) is 3.92. The van der Waals surface area contributed by atoms with Crippen molar-refractivity contribution in [2.75, 3.05) is 11.4 Å². The second-order valence-electron chi connectivity index (χ2n) is 5.40. The number of fused-ring (bicyclic) bond motifs is 1. The Bertz CT molecular complexity index is 773. The molecule has 1 aliphatic rings. The Labute approximate surface area is 133 Å². The number of Topliss-reactive ketones (excluding diaryl/α,β-unsaturated/α-hetero) is 1. The van der Waals surface area contributed by atoms with Crippen LogP contribution < -0.4 is 4.90 Å². The predicted octanol–water partition coefficient (Wildman–Crippen LogP) is 2.07. The first kappa shape index (κ1) is 15.1. The van der Waals surface area contributed by atoms with Gasteiger partial charge >= 0.3 is 0 Å². The number of anilines is 1. The summed E-state index contributed by atoms with van der Waals surface area (Å²) in [6, 6.07) is 11.9. The summed E-state index contributed by atoms with van der Waals surface area (Å²) in [6.07, 6.45) is 2.75. The number of carbonyl (C=O) groups is 2. The van der Waals surface area contributed by atoms with Gasteiger partial charge in [0.15, 0.2) is 11.4 Å². The third-order valence-corrected chi connectivity index (χ3v) is 3.92. The van der Waals surface area contributed by atoms with Crippen LogP contribution >= 0.6 is 0 Å². The van der Waals surface area contributed by atoms with Gasteiger partial charge in [0, 0.05) is 18.3 Å². The maximum Gasteiger partial charge on any atom is 0.264 e. The van der Waals surface area contributed by atoms with Gasteiger partial charge in [0.25, 0.3) is 5.91 Å². The Morgan fingerprint density at radius 3 is 2.70 bits per heavy atom. The molecule has 0 fully saturated rings. The summed E-state index contributed by atoms with van der Waals surface area (Å²) >= 11 is 0. The average Bonchev–Trinajstić information content (AvgIpc) is 2.78. The molecule has 5 heteroatoms. The number of ketones is 1. The maximum absolute atomic E-state index is 12.7. The number of pyridine rings is 1. The highest BCUT2D eigenvalue weighted by Crippen LogP contribution is 2.42. The summed E-state index contributed by atoms with van der Waals surface area (Å²) in [6.45, 7) is 3.91. The van der Waals surface area contributed by atoms with E-state index in [0.29, 0.717) is 11.3 Å². The first-order chi connectivity index (χ1) is 11.1. The van der Waals surface area contributed by atoms with Gasteiger partial charge in [-0.2, -0.15) is 0 Å². The van der Waals surface area contributed by atoms with Gasteiger partial charge in [-0.1, -0.05) is 30.3 Å². The van der Waals surface area contributed by atoms with Crippen LogP contribution in [0.5, 0.6) is 0 Å². The van der Waals surface area contributed by atoms with Crippen LogP contribution in [-0.2, 0) is 10.4 Å². The molecule has 1 aliphatic heterocycles. The van der Waals surface area contributed by atoms with E-state index in [9.17, 15) is 14.7 Å². The highest BCUT2D eigenvalue weighted by molar-refractivity contribution is 6.10. The molecule has 2 aromatic rings. The molecule has 0 aliphatic carbocycles. The summed E-state index contributed by atoms with van der Waals surface area (Å²) in [7, 11) is 0. The third kappa shape index (κ3) is 2.45. The highest BCUT2D eigenvalue weighted by atomic mass is 16.3. The lowest BCUT2D eigenvalue weighted by molar-refractivity contribution is -0.135. The Balaban J connectivity index is 1.99. The molecule has 23 heavy (non-hydrogen) atoms. The summed E-state index contributed by atoms with van der Waals surface area (Å²) in [5.74, 6) is -0.889. The summed E-state index contributed by atoms with van der Waals surface area (Å²) in [4.78, 5) is 30.5. The second-order valence-corrected chi connectivity index (χ2v) is 5.40. The van der Waals surface area contributed by atoms with E-state index in [4.69, 9.17) is 0 Å². The smallest absolute Gasteiger partial charge is 0.264 e. The summed E-state index contributed by atoms with van der Waals surface area (Å²) in [5.41, 5.74) is -0.591. The fourth-order valence-electron chi connectivity index (χ4n) is 2.84. The molecule has 1 N–H and O–H groups in total. The van der Waals surface area contributed by atoms with Crippen molar-refractivity contribution in [2.24, 2.45) is 0 Å². The van der Waals surface area contributed by atoms with Crippen molar-refractivity contribution < 1.29 is 14.7 Å². The minimum atomic E-state index is -1.87. The minimum absolute atomic E-state index is 0.230. The van der Waals surface area contributed by atoms with E-state index in [-0.39, 0.29) is 24.4 Å². The number of aliphatic hydroxyl groups is 1. The van der Waals surface area contributed by atoms with Gasteiger partial charge in [-0.15, -0.1) is 6.58 Å². The number of rotatable bonds is 5. The number of para-hydroxylation sites is 1. The molecule has 116 valence electrons. The molecule has 0 saturated carbocycles. The van der Waals surface area contributed by atoms with Crippen LogP contribution in [0.15, 0.2) is 61.3 Å². The molecule has 1 aromatic carbocycles. The quantitative estimate of drug-likeness (QED) is 0.678. The van der Waals surface area contributed by atoms with Crippen LogP contribution in [0.3, 0.4) is 0 Å². The van der Waals surface area contributed by atoms with Gasteiger partial charge in [0.05, 0.1) is 12.1 Å². The van der Waals surface area contributed by atoms with Gasteiger partial charge in [0.2, 0.25) is 0 Å². The van der Waals surface area contributed by atoms with E-state index in [2.05, 4.69) is 11.6 Å². The van der Waals surface area contributed by atoms with Crippen molar-refractivity contribution in [1.29, 1.82) is 0 Å². The predicted molar refractivity (Wildman–Crippen MR) is 86.1 cm³/mol. The lowest BCUT2D eigenvalue weighted by Gasteiger charge is -2.21. The van der Waals surface area contributed by atoms with Gasteiger partial charge in [-0.05, 0) is 18.2 Å². The van der Waals surface area contributed by atoms with Crippen molar-refractivity contribution in [3.63, 3.8) is 0 Å². The lowest BCUT2D eigenvalue weighted by atomic mass is 9.89. The van der Waals surface area contributed by atoms with Gasteiger partial charge in [-0.3, -0.25) is 14.6 Å². The second kappa shape index (κ2) is 5.78. The molecule has 0 spiro atoms. The first-order valence-electron chi connectivity index (χ1n) is 7.27. The van der Waals surface area contributed by atoms with Crippen molar-refractivity contribution in [1.82, 2.24) is 4.98 Å². The van der Waals surface area contributed by atoms with Gasteiger partial charge < -0.3 is 10.0 Å². The molecular weight excluding hydrogens is 292 g/mol. The molecule has 1 aromatic heterocycles. The molecule has 1 atom stereocenters. The monoisotopic (exact) mass is 308 g/mol. The first-order valence-corrected chi connectivity index (χ1v) is 7.27. The topological polar surface area (TPSA) is 70.5 Å². The minimum Gasteiger partial charge on any atom is -0.375 e. The van der Waals surface area contributed by atoms with Crippen LogP contribution in [0.1, 0.15) is 22.5 Å². The molecule has 0 radical (unpaired) electrons. The highest BCUT2D eigenvalue weighted by Gasteiger charge is 2.50. The van der Waals surface area contributed by atoms with Crippen LogP contribution in [0, 0.1) is 0 Å². The Morgan fingerprint density at radius 2 is 2.00 bits per heavy atom. The number of carbonyl (C=O) groups excluding carboxylic acids is 2. The van der Waals surface area contributed by atoms with E-state index in [1.165, 1.54) is 11.1 Å². The zero-order valence-electron chi connectivity index (χ0n) is 12.5. The molecule has 0 bridgehead atoms. The Hall–Kier alpha value is -2.79. The molecule has 3 rings (SSSR count). The maximum atomic E-state index is 12.7. The fraction of sp³-hybridized carbons (Fsp3) is 0.167. The van der Waals surface area contributed by atoms with E-state index < -0.39 is 11.5 Å². The van der Waals surface area contributed by atoms with Crippen LogP contribution in [0.4, 0.5) is 5.69 Å². The zero-order chi connectivity index (χ0) is 16.4. The molecule has 1 amide bonds. The van der Waals surface area contributed by atoms with Crippen molar-refractivity contribution in [3.8, 4) is 0 Å². The zero-order valence-corrected chi connectivity index (χ0v) is 12.5. The van der Waals surface area contributed by atoms with Crippen molar-refractivity contribution in [3.05, 3.63) is 72.6 Å². The molecular formula is C18H16N2O3. The number of nitrogens with zero attached hydrogens (tertiary/aromatic N) is 2. The van der Waals surface area contributed by atoms with Crippen molar-refractivity contribution in [2.45, 2.75) is 12.0 Å². The normalized spacial score (nSPS) is 19.5. The van der Waals surface area contributed by atoms with Crippen LogP contribution in [0.25, 0.3) is 0 Å². The van der Waals surface area contributed by atoms with E-state index in [0.717, 1.165) is 0 Å². The van der Waals surface area contributed by atoms with Crippen LogP contribution in [0.2, 0.25) is 0 Å². The summed E-state index contributed by atoms with van der Waals surface area (Å²) in [5, 5.41) is 11.0. The average molecular weight is 308 g/mol. The lowest BCUT2D eigenvalue weighted by Crippen LogP contribution is -2.42. The van der Waals surface area contributed by atoms with E-state index in [1.807, 2.05) is 0 Å². The Morgan fingerprint density at radius 1 is 1.26 bits per heavy atom. The van der Waals surface area contributed by atoms with Gasteiger partial charge in [0.1, 0.15) is 5.69 Å². The Kier molecular flexibility index (Phi) is 3.80. The number of hydrogen-bond donors (Lipinski definition) is 1. The largest absolute Gasteiger partial charge is 0.375 e. The standard InChI is InChI=1S/C18H16N2O3/c1-2-11-20-15-9-4-3-7-13(15)18(23,17(20)22)12-16(21)14-8-5-6-10-19-14/h2-10,23H,1,11-12H2/t18-/m0/s1. The number of amides is 1. The SMILES string of the molecule is C=CCN1C(=O)[C@](O)(CC(=O)c2ccccn2)c2ccccc21. The van der Waals surface area contributed by atoms with Crippen molar-refractivity contribution >= 4 is 17.4 Å². The molecule has 5 nitrogen and oxygen atoms in total. The molecule has 0 saturated heterocycles. The van der Waals surface area contributed by atoms with E-state index in [1.54, 1.807) is 48.5 Å².